The van der Waals surface area contributed by atoms with Crippen molar-refractivity contribution in [2.45, 2.75) is 44.6 Å². The van der Waals surface area contributed by atoms with Crippen molar-refractivity contribution in [1.82, 2.24) is 4.98 Å². The van der Waals surface area contributed by atoms with Gasteiger partial charge < -0.3 is 5.73 Å². The summed E-state index contributed by atoms with van der Waals surface area (Å²) < 4.78 is 0. The third-order valence-electron chi connectivity index (χ3n) is 2.81. The van der Waals surface area contributed by atoms with E-state index in [0.717, 1.165) is 23.8 Å². The number of nitrogens with two attached hydrogens (primary N) is 1. The molecule has 0 amide bonds. The molecule has 0 radical (unpaired) electrons. The Kier molecular flexibility index (Phi) is 5.85. The first-order valence-electron chi connectivity index (χ1n) is 6.01. The lowest BCUT2D eigenvalue weighted by atomic mass is 10.1. The Bertz CT molecular complexity index is 297. The fourth-order valence-electron chi connectivity index (χ4n) is 1.26. The fraction of sp³-hybridized carbons (Fsp3) is 0.615. The molecule has 0 fully saturated rings. The average Bonchev–Trinajstić information content (AvgIpc) is 2.35. The topological polar surface area (TPSA) is 38.9 Å². The average molecular weight is 238 g/mol. The van der Waals surface area contributed by atoms with Crippen LogP contribution in [0.3, 0.4) is 0 Å². The third-order valence-corrected chi connectivity index (χ3v) is 4.12. The summed E-state index contributed by atoms with van der Waals surface area (Å²) in [5, 5.41) is 0. The van der Waals surface area contributed by atoms with Crippen LogP contribution in [0.2, 0.25) is 0 Å². The van der Waals surface area contributed by atoms with Crippen LogP contribution >= 0.6 is 11.8 Å². The van der Waals surface area contributed by atoms with E-state index in [9.17, 15) is 0 Å². The van der Waals surface area contributed by atoms with Crippen LogP contribution in [-0.2, 0) is 0 Å². The highest BCUT2D eigenvalue weighted by molar-refractivity contribution is 7.99. The fourth-order valence-corrected chi connectivity index (χ4v) is 2.27. The quantitative estimate of drug-likeness (QED) is 0.769. The number of nitrogens with zero attached hydrogens (tertiary/aromatic N) is 1. The molecular weight excluding hydrogens is 216 g/mol. The van der Waals surface area contributed by atoms with E-state index in [4.69, 9.17) is 5.73 Å². The van der Waals surface area contributed by atoms with E-state index in [0.29, 0.717) is 0 Å². The largest absolute Gasteiger partial charge is 0.323 e. The second-order valence-corrected chi connectivity index (χ2v) is 5.35. The predicted octanol–water partition coefficient (Wildman–Crippen LogP) is 3.63. The van der Waals surface area contributed by atoms with Crippen molar-refractivity contribution in [3.63, 3.8) is 0 Å². The van der Waals surface area contributed by atoms with Gasteiger partial charge in [-0.2, -0.15) is 0 Å². The van der Waals surface area contributed by atoms with E-state index in [1.165, 1.54) is 11.3 Å². The highest BCUT2D eigenvalue weighted by Crippen LogP contribution is 2.22. The standard InChI is InChI=1S/C13H22N2S/c1-4-10(3)9-16-11-6-7-13(15-8-11)12(14)5-2/h6-8,10,12H,4-5,9,14H2,1-3H3/t10?,12-/m1/s1. The Labute approximate surface area is 103 Å². The molecule has 1 unspecified atom stereocenters. The number of pyridine rings is 1. The molecule has 1 aromatic heterocycles. The Morgan fingerprint density at radius 3 is 2.56 bits per heavy atom. The lowest BCUT2D eigenvalue weighted by molar-refractivity contribution is 0.636. The molecule has 1 heterocycles. The van der Waals surface area contributed by atoms with E-state index in [1.54, 1.807) is 0 Å². The van der Waals surface area contributed by atoms with E-state index in [-0.39, 0.29) is 6.04 Å². The van der Waals surface area contributed by atoms with Crippen molar-refractivity contribution in [2.75, 3.05) is 5.75 Å². The molecule has 0 spiro atoms. The van der Waals surface area contributed by atoms with Crippen LogP contribution in [0.15, 0.2) is 23.2 Å². The molecule has 3 heteroatoms. The van der Waals surface area contributed by atoms with Gasteiger partial charge in [0, 0.05) is 22.9 Å². The second-order valence-electron chi connectivity index (χ2n) is 4.26. The number of thioether (sulfide) groups is 1. The van der Waals surface area contributed by atoms with Crippen LogP contribution in [-0.4, -0.2) is 10.7 Å². The molecule has 0 aliphatic heterocycles. The Hall–Kier alpha value is -0.540. The number of aromatic nitrogens is 1. The Morgan fingerprint density at radius 1 is 1.31 bits per heavy atom. The summed E-state index contributed by atoms with van der Waals surface area (Å²) in [6.45, 7) is 6.59. The molecule has 16 heavy (non-hydrogen) atoms. The number of rotatable bonds is 6. The van der Waals surface area contributed by atoms with Crippen molar-refractivity contribution in [2.24, 2.45) is 11.7 Å². The Morgan fingerprint density at radius 2 is 2.06 bits per heavy atom. The number of hydrogen-bond donors (Lipinski definition) is 1. The molecule has 2 N–H and O–H groups in total. The zero-order chi connectivity index (χ0) is 12.0. The highest BCUT2D eigenvalue weighted by atomic mass is 32.2. The normalized spacial score (nSPS) is 14.8. The van der Waals surface area contributed by atoms with Gasteiger partial charge in [-0.15, -0.1) is 11.8 Å². The molecule has 1 rings (SSSR count). The summed E-state index contributed by atoms with van der Waals surface area (Å²) >= 11 is 1.88. The van der Waals surface area contributed by atoms with Gasteiger partial charge in [0.05, 0.1) is 5.69 Å². The molecule has 0 aliphatic carbocycles. The molecule has 0 bridgehead atoms. The van der Waals surface area contributed by atoms with Gasteiger partial charge in [-0.25, -0.2) is 0 Å². The zero-order valence-electron chi connectivity index (χ0n) is 10.4. The van der Waals surface area contributed by atoms with E-state index in [2.05, 4.69) is 31.8 Å². The van der Waals surface area contributed by atoms with E-state index >= 15 is 0 Å². The summed E-state index contributed by atoms with van der Waals surface area (Å²) in [4.78, 5) is 5.65. The van der Waals surface area contributed by atoms with Crippen LogP contribution in [0.4, 0.5) is 0 Å². The zero-order valence-corrected chi connectivity index (χ0v) is 11.3. The minimum absolute atomic E-state index is 0.0774. The molecule has 2 atom stereocenters. The molecule has 0 aliphatic rings. The summed E-state index contributed by atoms with van der Waals surface area (Å²) in [6, 6.07) is 4.26. The molecule has 0 aromatic carbocycles. The first-order valence-corrected chi connectivity index (χ1v) is 7.00. The van der Waals surface area contributed by atoms with Crippen molar-refractivity contribution >= 4 is 11.8 Å². The van der Waals surface area contributed by atoms with Gasteiger partial charge in [-0.05, 0) is 24.5 Å². The maximum absolute atomic E-state index is 5.92. The summed E-state index contributed by atoms with van der Waals surface area (Å²) in [6.07, 6.45) is 4.11. The van der Waals surface area contributed by atoms with Crippen molar-refractivity contribution in [3.8, 4) is 0 Å². The summed E-state index contributed by atoms with van der Waals surface area (Å²) in [5.41, 5.74) is 6.91. The van der Waals surface area contributed by atoms with Gasteiger partial charge in [-0.1, -0.05) is 27.2 Å². The van der Waals surface area contributed by atoms with Gasteiger partial charge >= 0.3 is 0 Å². The lowest BCUT2D eigenvalue weighted by Gasteiger charge is -2.10. The minimum atomic E-state index is 0.0774. The third kappa shape index (κ3) is 4.14. The first kappa shape index (κ1) is 13.5. The van der Waals surface area contributed by atoms with Crippen LogP contribution in [0.5, 0.6) is 0 Å². The van der Waals surface area contributed by atoms with Gasteiger partial charge in [0.25, 0.3) is 0 Å². The maximum atomic E-state index is 5.92. The predicted molar refractivity (Wildman–Crippen MR) is 71.6 cm³/mol. The summed E-state index contributed by atoms with van der Waals surface area (Å²) in [5.74, 6) is 1.93. The first-order chi connectivity index (χ1) is 7.67. The SMILES string of the molecule is CCC(C)CSc1ccc([C@H](N)CC)nc1. The molecule has 0 saturated carbocycles. The monoisotopic (exact) mass is 238 g/mol. The molecule has 2 nitrogen and oxygen atoms in total. The van der Waals surface area contributed by atoms with Gasteiger partial charge in [0.1, 0.15) is 0 Å². The van der Waals surface area contributed by atoms with Crippen LogP contribution in [0.1, 0.15) is 45.3 Å². The van der Waals surface area contributed by atoms with Crippen molar-refractivity contribution in [1.29, 1.82) is 0 Å². The van der Waals surface area contributed by atoms with E-state index < -0.39 is 0 Å². The molecule has 0 saturated heterocycles. The van der Waals surface area contributed by atoms with Crippen molar-refractivity contribution < 1.29 is 0 Å². The van der Waals surface area contributed by atoms with Gasteiger partial charge in [0.15, 0.2) is 0 Å². The molecule has 90 valence electrons. The lowest BCUT2D eigenvalue weighted by Crippen LogP contribution is -2.10. The van der Waals surface area contributed by atoms with Crippen LogP contribution in [0, 0.1) is 5.92 Å². The van der Waals surface area contributed by atoms with E-state index in [1.807, 2.05) is 24.0 Å². The van der Waals surface area contributed by atoms with Crippen molar-refractivity contribution in [3.05, 3.63) is 24.0 Å². The maximum Gasteiger partial charge on any atom is 0.0571 e. The molecule has 1 aromatic rings. The van der Waals surface area contributed by atoms with Crippen LogP contribution in [0.25, 0.3) is 0 Å². The minimum Gasteiger partial charge on any atom is -0.323 e. The smallest absolute Gasteiger partial charge is 0.0571 e. The number of hydrogen-bond acceptors (Lipinski definition) is 3. The van der Waals surface area contributed by atoms with Gasteiger partial charge in [-0.3, -0.25) is 4.98 Å². The second kappa shape index (κ2) is 6.92. The summed E-state index contributed by atoms with van der Waals surface area (Å²) in [7, 11) is 0. The highest BCUT2D eigenvalue weighted by Gasteiger charge is 2.05. The molecular formula is C13H22N2S. The Balaban J connectivity index is 2.51. The van der Waals surface area contributed by atoms with Gasteiger partial charge in [0.2, 0.25) is 0 Å². The van der Waals surface area contributed by atoms with Crippen LogP contribution < -0.4 is 5.73 Å².